The Bertz CT molecular complexity index is 564. The lowest BCUT2D eigenvalue weighted by molar-refractivity contribution is 0.0498. The van der Waals surface area contributed by atoms with Crippen molar-refractivity contribution < 1.29 is 13.2 Å². The predicted octanol–water partition coefficient (Wildman–Crippen LogP) is 1.28. The maximum Gasteiger partial charge on any atom is 0.194 e. The molecule has 0 amide bonds. The second kappa shape index (κ2) is 7.20. The molecule has 138 valence electrons. The fraction of sp³-hybridized carbons (Fsp3) is 0.941. The van der Waals surface area contributed by atoms with Gasteiger partial charge in [0.25, 0.3) is 0 Å². The second-order valence-electron chi connectivity index (χ2n) is 8.08. The van der Waals surface area contributed by atoms with Crippen molar-refractivity contribution in [3.8, 4) is 0 Å². The summed E-state index contributed by atoms with van der Waals surface area (Å²) < 4.78 is 28.6. The normalized spacial score (nSPS) is 29.7. The van der Waals surface area contributed by atoms with Crippen molar-refractivity contribution in [2.75, 3.05) is 44.9 Å². The molecule has 0 aromatic carbocycles. The molecule has 0 aromatic heterocycles. The predicted molar refractivity (Wildman–Crippen MR) is 96.0 cm³/mol. The Kier molecular flexibility index (Phi) is 5.39. The molecule has 0 bridgehead atoms. The summed E-state index contributed by atoms with van der Waals surface area (Å²) in [6.45, 7) is 5.70. The van der Waals surface area contributed by atoms with Gasteiger partial charge in [0.1, 0.15) is 0 Å². The first-order valence-corrected chi connectivity index (χ1v) is 11.0. The Morgan fingerprint density at radius 1 is 1.29 bits per heavy atom. The van der Waals surface area contributed by atoms with Crippen molar-refractivity contribution in [1.29, 1.82) is 0 Å². The summed E-state index contributed by atoms with van der Waals surface area (Å²) in [5, 5.41) is 3.56. The van der Waals surface area contributed by atoms with E-state index in [4.69, 9.17) is 9.73 Å². The Morgan fingerprint density at radius 2 is 2.00 bits per heavy atom. The minimum atomic E-state index is -2.82. The summed E-state index contributed by atoms with van der Waals surface area (Å²) >= 11 is 0. The molecule has 1 aliphatic carbocycles. The van der Waals surface area contributed by atoms with Crippen LogP contribution in [0.25, 0.3) is 0 Å². The first-order chi connectivity index (χ1) is 11.4. The summed E-state index contributed by atoms with van der Waals surface area (Å²) in [5.41, 5.74) is 0.259. The highest BCUT2D eigenvalue weighted by Crippen LogP contribution is 2.31. The molecule has 2 aliphatic heterocycles. The van der Waals surface area contributed by atoms with Gasteiger partial charge in [-0.05, 0) is 43.4 Å². The Hall–Kier alpha value is -0.820. The fourth-order valence-electron chi connectivity index (χ4n) is 3.63. The first kappa shape index (κ1) is 18.0. The summed E-state index contributed by atoms with van der Waals surface area (Å²) in [6, 6.07) is 0.559. The molecule has 1 atom stereocenters. The van der Waals surface area contributed by atoms with Crippen LogP contribution >= 0.6 is 0 Å². The van der Waals surface area contributed by atoms with Gasteiger partial charge in [0.2, 0.25) is 0 Å². The molecule has 1 unspecified atom stereocenters. The molecular weight excluding hydrogens is 326 g/mol. The number of likely N-dealkylation sites (tertiary alicyclic amines) is 1. The van der Waals surface area contributed by atoms with Crippen LogP contribution in [0.2, 0.25) is 0 Å². The molecule has 3 fully saturated rings. The quantitative estimate of drug-likeness (QED) is 0.593. The van der Waals surface area contributed by atoms with E-state index in [-0.39, 0.29) is 11.3 Å². The zero-order chi connectivity index (χ0) is 17.2. The van der Waals surface area contributed by atoms with Crippen LogP contribution in [0.4, 0.5) is 0 Å². The van der Waals surface area contributed by atoms with E-state index in [1.54, 1.807) is 7.11 Å². The zero-order valence-electron chi connectivity index (χ0n) is 15.0. The minimum absolute atomic E-state index is 0.189. The Labute approximate surface area is 146 Å². The van der Waals surface area contributed by atoms with Crippen molar-refractivity contribution in [2.45, 2.75) is 45.1 Å². The number of hydrogen-bond acceptors (Lipinski definition) is 4. The van der Waals surface area contributed by atoms with Gasteiger partial charge < -0.3 is 15.0 Å². The fourth-order valence-corrected chi connectivity index (χ4v) is 5.48. The zero-order valence-corrected chi connectivity index (χ0v) is 15.8. The number of methoxy groups -OCH3 is 1. The van der Waals surface area contributed by atoms with Gasteiger partial charge in [0.05, 0.1) is 18.1 Å². The van der Waals surface area contributed by atoms with E-state index in [0.29, 0.717) is 24.1 Å². The van der Waals surface area contributed by atoms with Gasteiger partial charge in [-0.1, -0.05) is 6.92 Å². The van der Waals surface area contributed by atoms with Crippen LogP contribution in [0.3, 0.4) is 0 Å². The van der Waals surface area contributed by atoms with Crippen molar-refractivity contribution >= 4 is 15.8 Å². The van der Waals surface area contributed by atoms with Gasteiger partial charge in [-0.2, -0.15) is 0 Å². The number of aliphatic imine (C=N–C) groups is 1. The highest BCUT2D eigenvalue weighted by Gasteiger charge is 2.33. The monoisotopic (exact) mass is 357 g/mol. The van der Waals surface area contributed by atoms with Crippen molar-refractivity contribution in [2.24, 2.45) is 16.3 Å². The van der Waals surface area contributed by atoms with Gasteiger partial charge >= 0.3 is 0 Å². The van der Waals surface area contributed by atoms with E-state index in [0.717, 1.165) is 44.9 Å². The topological polar surface area (TPSA) is 71.0 Å². The Morgan fingerprint density at radius 3 is 2.54 bits per heavy atom. The summed E-state index contributed by atoms with van der Waals surface area (Å²) in [4.78, 5) is 7.15. The molecule has 3 aliphatic rings. The first-order valence-electron chi connectivity index (χ1n) is 9.14. The molecule has 0 radical (unpaired) electrons. The van der Waals surface area contributed by atoms with Crippen LogP contribution in [0.15, 0.2) is 4.99 Å². The SMILES string of the molecule is COCC1(C)CCN(C(=NCC2CCS(=O)(=O)C2)NC2CC2)CC1. The van der Waals surface area contributed by atoms with E-state index < -0.39 is 9.84 Å². The molecule has 1 saturated carbocycles. The van der Waals surface area contributed by atoms with Gasteiger partial charge in [-0.3, -0.25) is 4.99 Å². The third-order valence-electron chi connectivity index (χ3n) is 5.50. The third kappa shape index (κ3) is 4.85. The number of sulfone groups is 1. The average Bonchev–Trinajstić information content (AvgIpc) is 3.27. The molecule has 2 heterocycles. The maximum atomic E-state index is 11.6. The van der Waals surface area contributed by atoms with Gasteiger partial charge in [-0.25, -0.2) is 8.42 Å². The molecule has 7 heteroatoms. The molecule has 24 heavy (non-hydrogen) atoms. The van der Waals surface area contributed by atoms with Crippen LogP contribution in [0, 0.1) is 11.3 Å². The van der Waals surface area contributed by atoms with E-state index in [1.807, 2.05) is 0 Å². The average molecular weight is 358 g/mol. The lowest BCUT2D eigenvalue weighted by Gasteiger charge is -2.40. The number of hydrogen-bond donors (Lipinski definition) is 1. The standard InChI is InChI=1S/C17H31N3O3S/c1-17(13-23-2)6-8-20(9-7-17)16(19-15-3-4-15)18-11-14-5-10-24(21,22)12-14/h14-15H,3-13H2,1-2H3,(H,18,19). The molecule has 6 nitrogen and oxygen atoms in total. The highest BCUT2D eigenvalue weighted by molar-refractivity contribution is 7.91. The third-order valence-corrected chi connectivity index (χ3v) is 7.34. The molecule has 1 N–H and O–H groups in total. The van der Waals surface area contributed by atoms with E-state index in [1.165, 1.54) is 12.8 Å². The highest BCUT2D eigenvalue weighted by atomic mass is 32.2. The van der Waals surface area contributed by atoms with Crippen molar-refractivity contribution in [3.05, 3.63) is 0 Å². The largest absolute Gasteiger partial charge is 0.384 e. The number of piperidine rings is 1. The molecule has 0 aromatic rings. The van der Waals surface area contributed by atoms with Gasteiger partial charge in [0.15, 0.2) is 15.8 Å². The molecule has 3 rings (SSSR count). The maximum absolute atomic E-state index is 11.6. The second-order valence-corrected chi connectivity index (χ2v) is 10.3. The van der Waals surface area contributed by atoms with E-state index in [2.05, 4.69) is 17.1 Å². The van der Waals surface area contributed by atoms with Crippen molar-refractivity contribution in [1.82, 2.24) is 10.2 Å². The van der Waals surface area contributed by atoms with Crippen LogP contribution in [-0.4, -0.2) is 70.2 Å². The summed E-state index contributed by atoms with van der Waals surface area (Å²) in [6.07, 6.45) is 5.39. The van der Waals surface area contributed by atoms with Crippen LogP contribution in [0.1, 0.15) is 39.0 Å². The number of ether oxygens (including phenoxy) is 1. The summed E-state index contributed by atoms with van der Waals surface area (Å²) in [7, 11) is -1.05. The lowest BCUT2D eigenvalue weighted by atomic mass is 9.81. The van der Waals surface area contributed by atoms with E-state index >= 15 is 0 Å². The summed E-state index contributed by atoms with van der Waals surface area (Å²) in [5.74, 6) is 1.81. The van der Waals surface area contributed by atoms with Crippen molar-refractivity contribution in [3.63, 3.8) is 0 Å². The lowest BCUT2D eigenvalue weighted by Crippen LogP contribution is -2.49. The smallest absolute Gasteiger partial charge is 0.194 e. The Balaban J connectivity index is 1.59. The van der Waals surface area contributed by atoms with Crippen LogP contribution < -0.4 is 5.32 Å². The number of nitrogens with one attached hydrogen (secondary N) is 1. The number of rotatable bonds is 5. The molecular formula is C17H31N3O3S. The number of guanidine groups is 1. The van der Waals surface area contributed by atoms with E-state index in [9.17, 15) is 8.42 Å². The van der Waals surface area contributed by atoms with Crippen LogP contribution in [0.5, 0.6) is 0 Å². The van der Waals surface area contributed by atoms with Gasteiger partial charge in [-0.15, -0.1) is 0 Å². The minimum Gasteiger partial charge on any atom is -0.384 e. The van der Waals surface area contributed by atoms with Crippen LogP contribution in [-0.2, 0) is 14.6 Å². The molecule has 0 spiro atoms. The van der Waals surface area contributed by atoms with Gasteiger partial charge in [0, 0.05) is 32.8 Å². The number of nitrogens with zero attached hydrogens (tertiary/aromatic N) is 2. The molecule has 2 saturated heterocycles.